The molecule has 0 aliphatic carbocycles. The highest BCUT2D eigenvalue weighted by Crippen LogP contribution is 2.41. The van der Waals surface area contributed by atoms with Crippen LogP contribution in [0.4, 0.5) is 5.69 Å². The van der Waals surface area contributed by atoms with Crippen LogP contribution in [-0.2, 0) is 14.8 Å². The lowest BCUT2D eigenvalue weighted by molar-refractivity contribution is -0.119. The molecular formula is C20H17ClN2O3S2. The van der Waals surface area contributed by atoms with Gasteiger partial charge in [-0.2, -0.15) is 0 Å². The van der Waals surface area contributed by atoms with Gasteiger partial charge in [-0.15, -0.1) is 11.8 Å². The summed E-state index contributed by atoms with van der Waals surface area (Å²) in [6.07, 6.45) is 0. The van der Waals surface area contributed by atoms with Crippen LogP contribution in [0.3, 0.4) is 0 Å². The van der Waals surface area contributed by atoms with Crippen LogP contribution in [0.25, 0.3) is 10.8 Å². The van der Waals surface area contributed by atoms with Crippen molar-refractivity contribution in [3.05, 3.63) is 65.7 Å². The molecule has 8 heteroatoms. The Morgan fingerprint density at radius 1 is 1.04 bits per heavy atom. The number of thioether (sulfide) groups is 1. The van der Waals surface area contributed by atoms with E-state index in [0.29, 0.717) is 28.4 Å². The largest absolute Gasteiger partial charge is 0.354 e. The zero-order valence-corrected chi connectivity index (χ0v) is 17.2. The van der Waals surface area contributed by atoms with Crippen LogP contribution >= 0.6 is 23.4 Å². The van der Waals surface area contributed by atoms with Crippen LogP contribution < -0.4 is 9.62 Å². The number of carbonyl (C=O) groups is 1. The van der Waals surface area contributed by atoms with E-state index in [1.807, 2.05) is 36.4 Å². The van der Waals surface area contributed by atoms with Crippen molar-refractivity contribution < 1.29 is 13.2 Å². The van der Waals surface area contributed by atoms with Gasteiger partial charge < -0.3 is 5.32 Å². The zero-order valence-electron chi connectivity index (χ0n) is 14.8. The van der Waals surface area contributed by atoms with E-state index in [4.69, 9.17) is 11.6 Å². The normalized spacial score (nSPS) is 14.4. The minimum Gasteiger partial charge on any atom is -0.354 e. The van der Waals surface area contributed by atoms with Crippen molar-refractivity contribution in [2.75, 3.05) is 23.1 Å². The predicted molar refractivity (Wildman–Crippen MR) is 114 cm³/mol. The van der Waals surface area contributed by atoms with Crippen molar-refractivity contribution >= 4 is 55.8 Å². The first kappa shape index (κ1) is 19.1. The van der Waals surface area contributed by atoms with Gasteiger partial charge in [-0.25, -0.2) is 8.42 Å². The molecule has 0 saturated carbocycles. The van der Waals surface area contributed by atoms with Crippen LogP contribution in [0.2, 0.25) is 5.02 Å². The van der Waals surface area contributed by atoms with E-state index >= 15 is 0 Å². The summed E-state index contributed by atoms with van der Waals surface area (Å²) in [5.41, 5.74) is 0.554. The molecule has 1 heterocycles. The molecule has 0 spiro atoms. The molecule has 4 rings (SSSR count). The summed E-state index contributed by atoms with van der Waals surface area (Å²) in [5.74, 6) is 0.348. The molecule has 0 unspecified atom stereocenters. The van der Waals surface area contributed by atoms with Crippen molar-refractivity contribution in [3.8, 4) is 0 Å². The number of benzene rings is 3. The lowest BCUT2D eigenvalue weighted by atomic mass is 10.1. The van der Waals surface area contributed by atoms with Crippen molar-refractivity contribution in [1.29, 1.82) is 0 Å². The van der Waals surface area contributed by atoms with Gasteiger partial charge in [0, 0.05) is 27.6 Å². The molecule has 0 saturated heterocycles. The third-order valence-electron chi connectivity index (χ3n) is 4.48. The van der Waals surface area contributed by atoms with Gasteiger partial charge in [0.05, 0.1) is 10.6 Å². The molecule has 3 aromatic rings. The van der Waals surface area contributed by atoms with Gasteiger partial charge in [-0.3, -0.25) is 9.10 Å². The number of halogens is 1. The first-order valence-electron chi connectivity index (χ1n) is 8.66. The molecule has 28 heavy (non-hydrogen) atoms. The topological polar surface area (TPSA) is 66.5 Å². The maximum absolute atomic E-state index is 12.9. The number of rotatable bonds is 6. The summed E-state index contributed by atoms with van der Waals surface area (Å²) < 4.78 is 26.9. The molecule has 0 atom stereocenters. The highest BCUT2D eigenvalue weighted by atomic mass is 35.5. The van der Waals surface area contributed by atoms with E-state index in [2.05, 4.69) is 5.32 Å². The van der Waals surface area contributed by atoms with Crippen LogP contribution in [0.5, 0.6) is 0 Å². The maximum atomic E-state index is 12.9. The average molecular weight is 433 g/mol. The van der Waals surface area contributed by atoms with Crippen LogP contribution in [0.1, 0.15) is 0 Å². The SMILES string of the molecule is O=C(CN1c2cccc3cccc(c23)S1(=O)=O)NCCSc1ccc(Cl)cc1. The average Bonchev–Trinajstić information content (AvgIpc) is 2.90. The van der Waals surface area contributed by atoms with Gasteiger partial charge in [0.15, 0.2) is 0 Å². The van der Waals surface area contributed by atoms with Gasteiger partial charge >= 0.3 is 0 Å². The third kappa shape index (κ3) is 3.57. The van der Waals surface area contributed by atoms with E-state index in [9.17, 15) is 13.2 Å². The van der Waals surface area contributed by atoms with Crippen LogP contribution in [0, 0.1) is 0 Å². The fourth-order valence-corrected chi connectivity index (χ4v) is 5.77. The summed E-state index contributed by atoms with van der Waals surface area (Å²) in [6.45, 7) is 0.207. The Balaban J connectivity index is 1.40. The molecule has 0 bridgehead atoms. The molecule has 1 aliphatic heterocycles. The number of carbonyl (C=O) groups excluding carboxylic acids is 1. The number of hydrogen-bond donors (Lipinski definition) is 1. The molecule has 1 N–H and O–H groups in total. The number of nitrogens with one attached hydrogen (secondary N) is 1. The second kappa shape index (κ2) is 7.66. The second-order valence-electron chi connectivity index (χ2n) is 6.30. The van der Waals surface area contributed by atoms with Gasteiger partial charge in [0.25, 0.3) is 10.0 Å². The minimum absolute atomic E-state index is 0.234. The number of nitrogens with zero attached hydrogens (tertiary/aromatic N) is 1. The maximum Gasteiger partial charge on any atom is 0.265 e. The Morgan fingerprint density at radius 2 is 1.75 bits per heavy atom. The van der Waals surface area contributed by atoms with Crippen molar-refractivity contribution in [3.63, 3.8) is 0 Å². The third-order valence-corrected chi connectivity index (χ3v) is 7.54. The number of amides is 1. The van der Waals surface area contributed by atoms with Crippen molar-refractivity contribution in [1.82, 2.24) is 5.32 Å². The summed E-state index contributed by atoms with van der Waals surface area (Å²) in [6, 6.07) is 18.1. The van der Waals surface area contributed by atoms with Crippen LogP contribution in [-0.4, -0.2) is 33.2 Å². The molecule has 0 radical (unpaired) electrons. The van der Waals surface area contributed by atoms with E-state index in [-0.39, 0.29) is 17.3 Å². The summed E-state index contributed by atoms with van der Waals surface area (Å²) in [5, 5.41) is 5.00. The van der Waals surface area contributed by atoms with Crippen LogP contribution in [0.15, 0.2) is 70.5 Å². The first-order valence-corrected chi connectivity index (χ1v) is 11.5. The quantitative estimate of drug-likeness (QED) is 0.473. The number of sulfonamides is 1. The fourth-order valence-electron chi connectivity index (χ4n) is 3.20. The lowest BCUT2D eigenvalue weighted by Crippen LogP contribution is -2.39. The number of anilines is 1. The van der Waals surface area contributed by atoms with Gasteiger partial charge in [0.2, 0.25) is 5.91 Å². The highest BCUT2D eigenvalue weighted by molar-refractivity contribution is 7.99. The second-order valence-corrected chi connectivity index (χ2v) is 9.73. The highest BCUT2D eigenvalue weighted by Gasteiger charge is 2.36. The molecule has 3 aromatic carbocycles. The van der Waals surface area contributed by atoms with E-state index < -0.39 is 10.0 Å². The lowest BCUT2D eigenvalue weighted by Gasteiger charge is -2.18. The van der Waals surface area contributed by atoms with E-state index in [0.717, 1.165) is 10.3 Å². The van der Waals surface area contributed by atoms with E-state index in [1.54, 1.807) is 36.0 Å². The molecule has 144 valence electrons. The molecule has 5 nitrogen and oxygen atoms in total. The Labute approximate surface area is 172 Å². The smallest absolute Gasteiger partial charge is 0.265 e. The Bertz CT molecular complexity index is 1140. The Hall–Kier alpha value is -2.22. The zero-order chi connectivity index (χ0) is 19.7. The summed E-state index contributed by atoms with van der Waals surface area (Å²) >= 11 is 7.45. The minimum atomic E-state index is -3.72. The van der Waals surface area contributed by atoms with Gasteiger partial charge in [-0.1, -0.05) is 35.9 Å². The molecule has 0 aromatic heterocycles. The summed E-state index contributed by atoms with van der Waals surface area (Å²) in [7, 11) is -3.72. The standard InChI is InChI=1S/C20H17ClN2O3S2/c21-15-7-9-16(10-8-15)27-12-11-22-19(24)13-23-17-5-1-3-14-4-2-6-18(20(14)17)28(23,25)26/h1-10H,11-13H2,(H,22,24). The Morgan fingerprint density at radius 3 is 2.50 bits per heavy atom. The fraction of sp³-hybridized carbons (Fsp3) is 0.150. The predicted octanol–water partition coefficient (Wildman–Crippen LogP) is 3.91. The summed E-state index contributed by atoms with van der Waals surface area (Å²) in [4.78, 5) is 13.7. The Kier molecular flexibility index (Phi) is 5.23. The van der Waals surface area contributed by atoms with Gasteiger partial charge in [-0.05, 0) is 41.8 Å². The molecule has 0 fully saturated rings. The molecule has 1 aliphatic rings. The van der Waals surface area contributed by atoms with E-state index in [1.165, 1.54) is 4.31 Å². The monoisotopic (exact) mass is 432 g/mol. The van der Waals surface area contributed by atoms with Crippen molar-refractivity contribution in [2.24, 2.45) is 0 Å². The first-order chi connectivity index (χ1) is 13.5. The molecular weight excluding hydrogens is 416 g/mol. The van der Waals surface area contributed by atoms with Crippen molar-refractivity contribution in [2.45, 2.75) is 9.79 Å². The number of hydrogen-bond acceptors (Lipinski definition) is 4. The van der Waals surface area contributed by atoms with Gasteiger partial charge in [0.1, 0.15) is 6.54 Å². The molecule has 1 amide bonds.